The molecule has 3 aliphatic rings. The molecule has 0 unspecified atom stereocenters. The van der Waals surface area contributed by atoms with E-state index in [-0.39, 0.29) is 12.0 Å². The number of nitrogens with zero attached hydrogens (tertiary/aromatic N) is 2. The molecule has 1 aliphatic carbocycles. The minimum atomic E-state index is 0.0903. The fourth-order valence-corrected chi connectivity index (χ4v) is 4.92. The molecule has 26 heavy (non-hydrogen) atoms. The van der Waals surface area contributed by atoms with Gasteiger partial charge in [-0.05, 0) is 63.6 Å². The third kappa shape index (κ3) is 4.32. The number of rotatable bonds is 6. The van der Waals surface area contributed by atoms with Crippen molar-refractivity contribution in [1.29, 1.82) is 0 Å². The summed E-state index contributed by atoms with van der Waals surface area (Å²) in [6.07, 6.45) is 13.5. The van der Waals surface area contributed by atoms with E-state index < -0.39 is 0 Å². The van der Waals surface area contributed by atoms with Crippen molar-refractivity contribution in [2.75, 3.05) is 32.8 Å². The number of carbonyl (C=O) groups is 1. The molecule has 2 aliphatic heterocycles. The van der Waals surface area contributed by atoms with Gasteiger partial charge >= 0.3 is 0 Å². The van der Waals surface area contributed by atoms with Crippen molar-refractivity contribution in [2.45, 2.75) is 63.5 Å². The number of piperidine rings is 1. The second-order valence-electron chi connectivity index (χ2n) is 8.27. The van der Waals surface area contributed by atoms with E-state index in [1.165, 1.54) is 51.6 Å². The average molecular weight is 360 g/mol. The molecule has 1 aromatic rings. The average Bonchev–Trinajstić information content (AvgIpc) is 3.44. The van der Waals surface area contributed by atoms with Gasteiger partial charge in [-0.3, -0.25) is 4.79 Å². The Morgan fingerprint density at radius 2 is 1.88 bits per heavy atom. The highest BCUT2D eigenvalue weighted by Gasteiger charge is 2.30. The predicted octanol–water partition coefficient (Wildman–Crippen LogP) is 3.56. The lowest BCUT2D eigenvalue weighted by Gasteiger charge is -2.38. The summed E-state index contributed by atoms with van der Waals surface area (Å²) < 4.78 is 10.9. The molecule has 0 N–H and O–H groups in total. The number of hydrogen-bond donors (Lipinski definition) is 0. The van der Waals surface area contributed by atoms with Crippen molar-refractivity contribution >= 4 is 5.91 Å². The van der Waals surface area contributed by atoms with E-state index >= 15 is 0 Å². The molecule has 1 amide bonds. The Bertz CT molecular complexity index is 554. The Labute approximate surface area is 156 Å². The summed E-state index contributed by atoms with van der Waals surface area (Å²) in [6.45, 7) is 4.79. The highest BCUT2D eigenvalue weighted by atomic mass is 16.5. The molecule has 1 saturated carbocycles. The Morgan fingerprint density at radius 1 is 1.08 bits per heavy atom. The van der Waals surface area contributed by atoms with Crippen molar-refractivity contribution in [1.82, 2.24) is 9.80 Å². The summed E-state index contributed by atoms with van der Waals surface area (Å²) in [5.41, 5.74) is 0.659. The van der Waals surface area contributed by atoms with Crippen LogP contribution < -0.4 is 0 Å². The first-order chi connectivity index (χ1) is 12.8. The maximum atomic E-state index is 12.9. The Kier molecular flexibility index (Phi) is 5.95. The molecule has 2 saturated heterocycles. The number of likely N-dealkylation sites (tertiary alicyclic amines) is 1. The van der Waals surface area contributed by atoms with Gasteiger partial charge in [0.1, 0.15) is 6.26 Å². The normalized spacial score (nSPS) is 25.8. The van der Waals surface area contributed by atoms with Gasteiger partial charge in [-0.15, -0.1) is 0 Å². The van der Waals surface area contributed by atoms with Gasteiger partial charge in [-0.2, -0.15) is 0 Å². The quantitative estimate of drug-likeness (QED) is 0.778. The van der Waals surface area contributed by atoms with Gasteiger partial charge < -0.3 is 19.0 Å². The molecule has 0 radical (unpaired) electrons. The third-order valence-electron chi connectivity index (χ3n) is 6.47. The van der Waals surface area contributed by atoms with E-state index in [2.05, 4.69) is 4.90 Å². The molecular weight excluding hydrogens is 328 g/mol. The molecule has 0 aromatic carbocycles. The van der Waals surface area contributed by atoms with Crippen LogP contribution >= 0.6 is 0 Å². The summed E-state index contributed by atoms with van der Waals surface area (Å²) in [4.78, 5) is 17.7. The molecule has 5 nitrogen and oxygen atoms in total. The number of hydrogen-bond acceptors (Lipinski definition) is 4. The van der Waals surface area contributed by atoms with Crippen LogP contribution in [0, 0.1) is 5.92 Å². The zero-order valence-corrected chi connectivity index (χ0v) is 15.8. The number of ether oxygens (including phenoxy) is 1. The Hall–Kier alpha value is -1.33. The van der Waals surface area contributed by atoms with Crippen LogP contribution in [-0.4, -0.2) is 60.6 Å². The molecule has 3 heterocycles. The highest BCUT2D eigenvalue weighted by Crippen LogP contribution is 2.28. The molecule has 5 heteroatoms. The van der Waals surface area contributed by atoms with Crippen molar-refractivity contribution in [2.24, 2.45) is 5.92 Å². The van der Waals surface area contributed by atoms with E-state index in [9.17, 15) is 4.79 Å². The van der Waals surface area contributed by atoms with Crippen LogP contribution in [0.3, 0.4) is 0 Å². The van der Waals surface area contributed by atoms with Crippen LogP contribution in [0.2, 0.25) is 0 Å². The molecule has 1 atom stereocenters. The maximum Gasteiger partial charge on any atom is 0.257 e. The first-order valence-electron chi connectivity index (χ1n) is 10.5. The second-order valence-corrected chi connectivity index (χ2v) is 8.27. The van der Waals surface area contributed by atoms with Gasteiger partial charge in [0.2, 0.25) is 0 Å². The first kappa shape index (κ1) is 18.1. The smallest absolute Gasteiger partial charge is 0.257 e. The van der Waals surface area contributed by atoms with E-state index in [0.29, 0.717) is 18.0 Å². The van der Waals surface area contributed by atoms with Crippen molar-refractivity contribution in [3.8, 4) is 0 Å². The molecule has 3 fully saturated rings. The van der Waals surface area contributed by atoms with Crippen LogP contribution in [0.5, 0.6) is 0 Å². The third-order valence-corrected chi connectivity index (χ3v) is 6.47. The number of carbonyl (C=O) groups excluding carboxylic acids is 1. The molecule has 4 rings (SSSR count). The zero-order valence-electron chi connectivity index (χ0n) is 15.8. The first-order valence-corrected chi connectivity index (χ1v) is 10.5. The largest absolute Gasteiger partial charge is 0.472 e. The van der Waals surface area contributed by atoms with Crippen LogP contribution in [0.1, 0.15) is 61.7 Å². The molecule has 0 bridgehead atoms. The second kappa shape index (κ2) is 8.57. The van der Waals surface area contributed by atoms with Gasteiger partial charge in [0.15, 0.2) is 0 Å². The SMILES string of the molecule is O=C(c1ccoc1)N(CC1CCN(C2CCCC2)CC1)C[C@@H]1CCCO1. The molecule has 0 spiro atoms. The molecular formula is C21H32N2O3. The lowest BCUT2D eigenvalue weighted by Crippen LogP contribution is -2.45. The Morgan fingerprint density at radius 3 is 2.54 bits per heavy atom. The predicted molar refractivity (Wildman–Crippen MR) is 100 cm³/mol. The number of furan rings is 1. The van der Waals surface area contributed by atoms with Gasteiger partial charge in [0.25, 0.3) is 5.91 Å². The van der Waals surface area contributed by atoms with Crippen molar-refractivity contribution in [3.63, 3.8) is 0 Å². The maximum absolute atomic E-state index is 12.9. The van der Waals surface area contributed by atoms with Crippen LogP contribution in [0.15, 0.2) is 23.0 Å². The fraction of sp³-hybridized carbons (Fsp3) is 0.762. The fourth-order valence-electron chi connectivity index (χ4n) is 4.92. The topological polar surface area (TPSA) is 45.9 Å². The summed E-state index contributed by atoms with van der Waals surface area (Å²) in [7, 11) is 0. The molecule has 1 aromatic heterocycles. The monoisotopic (exact) mass is 360 g/mol. The summed E-state index contributed by atoms with van der Waals surface area (Å²) >= 11 is 0. The van der Waals surface area contributed by atoms with Gasteiger partial charge in [0.05, 0.1) is 17.9 Å². The van der Waals surface area contributed by atoms with E-state index in [1.54, 1.807) is 18.6 Å². The highest BCUT2D eigenvalue weighted by molar-refractivity contribution is 5.93. The van der Waals surface area contributed by atoms with E-state index in [4.69, 9.17) is 9.15 Å². The molecule has 144 valence electrons. The van der Waals surface area contributed by atoms with Crippen molar-refractivity contribution < 1.29 is 13.9 Å². The Balaban J connectivity index is 1.34. The summed E-state index contributed by atoms with van der Waals surface area (Å²) in [6, 6.07) is 2.60. The van der Waals surface area contributed by atoms with Gasteiger partial charge in [-0.25, -0.2) is 0 Å². The van der Waals surface area contributed by atoms with Crippen LogP contribution in [0.25, 0.3) is 0 Å². The standard InChI is InChI=1S/C21H32N2O3/c24-21(18-9-13-25-16-18)23(15-20-6-3-12-26-20)14-17-7-10-22(11-8-17)19-4-1-2-5-19/h9,13,16-17,19-20H,1-8,10-12,14-15H2/t20-/m0/s1. The van der Waals surface area contributed by atoms with Gasteiger partial charge in [-0.1, -0.05) is 12.8 Å². The summed E-state index contributed by atoms with van der Waals surface area (Å²) in [5, 5.41) is 0. The van der Waals surface area contributed by atoms with Gasteiger partial charge in [0, 0.05) is 25.7 Å². The zero-order chi connectivity index (χ0) is 17.8. The minimum Gasteiger partial charge on any atom is -0.472 e. The van der Waals surface area contributed by atoms with Crippen LogP contribution in [0.4, 0.5) is 0 Å². The van der Waals surface area contributed by atoms with Crippen LogP contribution in [-0.2, 0) is 4.74 Å². The van der Waals surface area contributed by atoms with E-state index in [1.807, 2.05) is 4.90 Å². The van der Waals surface area contributed by atoms with E-state index in [0.717, 1.165) is 32.0 Å². The van der Waals surface area contributed by atoms with Crippen molar-refractivity contribution in [3.05, 3.63) is 24.2 Å². The minimum absolute atomic E-state index is 0.0903. The lowest BCUT2D eigenvalue weighted by atomic mass is 9.94. The summed E-state index contributed by atoms with van der Waals surface area (Å²) in [5.74, 6) is 0.692. The number of amides is 1. The lowest BCUT2D eigenvalue weighted by molar-refractivity contribution is 0.0428.